The number of carbonyl (C=O) groups excluding carboxylic acids is 1. The van der Waals surface area contributed by atoms with E-state index >= 15 is 0 Å². The first-order chi connectivity index (χ1) is 8.62. The summed E-state index contributed by atoms with van der Waals surface area (Å²) in [4.78, 5) is 26.3. The predicted molar refractivity (Wildman–Crippen MR) is 70.9 cm³/mol. The molecule has 0 aliphatic carbocycles. The number of nitrogens with zero attached hydrogens (tertiary/aromatic N) is 2. The van der Waals surface area contributed by atoms with Gasteiger partial charge in [-0.2, -0.15) is 0 Å². The second-order valence-corrected chi connectivity index (χ2v) is 6.21. The van der Waals surface area contributed by atoms with Crippen LogP contribution in [0.5, 0.6) is 0 Å². The minimum atomic E-state index is -1.02. The van der Waals surface area contributed by atoms with Gasteiger partial charge in [0.25, 0.3) is 0 Å². The minimum Gasteiger partial charge on any atom is -0.480 e. The lowest BCUT2D eigenvalue weighted by atomic mass is 9.97. The Bertz CT molecular complexity index is 351. The van der Waals surface area contributed by atoms with E-state index in [1.165, 1.54) is 4.90 Å². The van der Waals surface area contributed by atoms with Crippen LogP contribution < -0.4 is 0 Å². The summed E-state index contributed by atoms with van der Waals surface area (Å²) in [5, 5.41) is 18.6. The van der Waals surface area contributed by atoms with E-state index in [9.17, 15) is 14.7 Å². The number of carboxylic acid groups (broad SMARTS) is 1. The number of amides is 2. The Kier molecular flexibility index (Phi) is 4.79. The standard InChI is InChI=1S/C13H24N2O4/c1-9-7-14(6-5-10(9)16)12(19)15(8-11(17)18)13(2,3)4/h9-10,16H,5-8H2,1-4H3,(H,17,18). The SMILES string of the molecule is CC1CN(C(=O)N(CC(=O)O)C(C)(C)C)CCC1O. The van der Waals surface area contributed by atoms with Crippen molar-refractivity contribution in [1.82, 2.24) is 9.80 Å². The lowest BCUT2D eigenvalue weighted by molar-refractivity contribution is -0.138. The van der Waals surface area contributed by atoms with Crippen molar-refractivity contribution in [2.45, 2.75) is 45.8 Å². The summed E-state index contributed by atoms with van der Waals surface area (Å²) in [6.45, 7) is 7.96. The molecule has 0 bridgehead atoms. The van der Waals surface area contributed by atoms with Crippen LogP contribution >= 0.6 is 0 Å². The van der Waals surface area contributed by atoms with Crippen molar-refractivity contribution in [1.29, 1.82) is 0 Å². The molecule has 6 nitrogen and oxygen atoms in total. The number of carboxylic acids is 1. The van der Waals surface area contributed by atoms with Gasteiger partial charge in [0.15, 0.2) is 0 Å². The monoisotopic (exact) mass is 272 g/mol. The number of carbonyl (C=O) groups is 2. The van der Waals surface area contributed by atoms with E-state index in [1.807, 2.05) is 27.7 Å². The van der Waals surface area contributed by atoms with E-state index in [2.05, 4.69) is 0 Å². The van der Waals surface area contributed by atoms with Crippen molar-refractivity contribution < 1.29 is 19.8 Å². The van der Waals surface area contributed by atoms with Gasteiger partial charge in [0.1, 0.15) is 6.54 Å². The predicted octanol–water partition coefficient (Wildman–Crippen LogP) is 0.994. The summed E-state index contributed by atoms with van der Waals surface area (Å²) in [7, 11) is 0. The summed E-state index contributed by atoms with van der Waals surface area (Å²) in [5.41, 5.74) is -0.547. The van der Waals surface area contributed by atoms with Gasteiger partial charge in [0.05, 0.1) is 6.10 Å². The maximum Gasteiger partial charge on any atom is 0.323 e. The van der Waals surface area contributed by atoms with Gasteiger partial charge in [0.2, 0.25) is 0 Å². The van der Waals surface area contributed by atoms with Gasteiger partial charge in [-0.3, -0.25) is 4.79 Å². The van der Waals surface area contributed by atoms with Gasteiger partial charge in [-0.05, 0) is 33.1 Å². The molecular weight excluding hydrogens is 248 g/mol. The molecule has 110 valence electrons. The zero-order chi connectivity index (χ0) is 14.8. The van der Waals surface area contributed by atoms with Crippen LogP contribution in [0.4, 0.5) is 4.79 Å². The van der Waals surface area contributed by atoms with Crippen LogP contribution in [0, 0.1) is 5.92 Å². The fourth-order valence-corrected chi connectivity index (χ4v) is 2.20. The number of piperidine rings is 1. The second kappa shape index (κ2) is 5.77. The van der Waals surface area contributed by atoms with Gasteiger partial charge in [-0.15, -0.1) is 0 Å². The average Bonchev–Trinajstić information content (AvgIpc) is 2.27. The van der Waals surface area contributed by atoms with Crippen molar-refractivity contribution >= 4 is 12.0 Å². The summed E-state index contributed by atoms with van der Waals surface area (Å²) in [5.74, 6) is -1.00. The molecule has 19 heavy (non-hydrogen) atoms. The number of hydrogen-bond acceptors (Lipinski definition) is 3. The van der Waals surface area contributed by atoms with E-state index in [4.69, 9.17) is 5.11 Å². The third kappa shape index (κ3) is 4.09. The van der Waals surface area contributed by atoms with E-state index in [-0.39, 0.29) is 24.6 Å². The summed E-state index contributed by atoms with van der Waals surface area (Å²) in [6.07, 6.45) is 0.157. The zero-order valence-electron chi connectivity index (χ0n) is 12.1. The highest BCUT2D eigenvalue weighted by atomic mass is 16.4. The number of aliphatic hydroxyl groups excluding tert-OH is 1. The van der Waals surface area contributed by atoms with Gasteiger partial charge in [-0.1, -0.05) is 6.92 Å². The molecule has 0 aromatic carbocycles. The molecule has 1 heterocycles. The number of rotatable bonds is 2. The lowest BCUT2D eigenvalue weighted by Gasteiger charge is -2.41. The molecule has 1 aliphatic heterocycles. The van der Waals surface area contributed by atoms with Crippen LogP contribution in [-0.2, 0) is 4.79 Å². The summed E-state index contributed by atoms with van der Waals surface area (Å²) < 4.78 is 0. The fourth-order valence-electron chi connectivity index (χ4n) is 2.20. The van der Waals surface area contributed by atoms with Gasteiger partial charge in [-0.25, -0.2) is 4.79 Å². The Morgan fingerprint density at radius 2 is 1.95 bits per heavy atom. The van der Waals surface area contributed by atoms with Crippen LogP contribution in [0.3, 0.4) is 0 Å². The molecule has 1 saturated heterocycles. The number of hydrogen-bond donors (Lipinski definition) is 2. The maximum atomic E-state index is 12.4. The topological polar surface area (TPSA) is 81.1 Å². The molecular formula is C13H24N2O4. The molecule has 2 unspecified atom stereocenters. The average molecular weight is 272 g/mol. The highest BCUT2D eigenvalue weighted by Gasteiger charge is 2.35. The normalized spacial score (nSPS) is 24.2. The molecule has 2 amide bonds. The first kappa shape index (κ1) is 15.8. The van der Waals surface area contributed by atoms with Gasteiger partial charge >= 0.3 is 12.0 Å². The van der Waals surface area contributed by atoms with Crippen molar-refractivity contribution in [3.8, 4) is 0 Å². The van der Waals surface area contributed by atoms with E-state index in [1.54, 1.807) is 4.90 Å². The number of aliphatic carboxylic acids is 1. The molecule has 0 aromatic rings. The van der Waals surface area contributed by atoms with Crippen molar-refractivity contribution in [3.05, 3.63) is 0 Å². The Balaban J connectivity index is 2.80. The second-order valence-electron chi connectivity index (χ2n) is 6.21. The van der Waals surface area contributed by atoms with Crippen molar-refractivity contribution in [2.24, 2.45) is 5.92 Å². The molecule has 1 fully saturated rings. The van der Waals surface area contributed by atoms with Crippen LogP contribution in [0.25, 0.3) is 0 Å². The molecule has 0 aromatic heterocycles. The molecule has 6 heteroatoms. The Hall–Kier alpha value is -1.30. The maximum absolute atomic E-state index is 12.4. The first-order valence-electron chi connectivity index (χ1n) is 6.59. The Morgan fingerprint density at radius 3 is 2.37 bits per heavy atom. The summed E-state index contributed by atoms with van der Waals surface area (Å²) >= 11 is 0. The molecule has 2 atom stereocenters. The van der Waals surface area contributed by atoms with Crippen LogP contribution in [0.1, 0.15) is 34.1 Å². The lowest BCUT2D eigenvalue weighted by Crippen LogP contribution is -2.56. The molecule has 0 radical (unpaired) electrons. The molecule has 1 aliphatic rings. The third-order valence-corrected chi connectivity index (χ3v) is 3.46. The van der Waals surface area contributed by atoms with E-state index in [0.29, 0.717) is 19.5 Å². The molecule has 2 N–H and O–H groups in total. The van der Waals surface area contributed by atoms with Gasteiger partial charge < -0.3 is 20.0 Å². The number of likely N-dealkylation sites (tertiary alicyclic amines) is 1. The van der Waals surface area contributed by atoms with Crippen LogP contribution in [0.15, 0.2) is 0 Å². The number of urea groups is 1. The zero-order valence-corrected chi connectivity index (χ0v) is 12.1. The Labute approximate surface area is 114 Å². The van der Waals surface area contributed by atoms with Crippen LogP contribution in [0.2, 0.25) is 0 Å². The number of aliphatic hydroxyl groups is 1. The third-order valence-electron chi connectivity index (χ3n) is 3.46. The highest BCUT2D eigenvalue weighted by molar-refractivity contribution is 5.81. The van der Waals surface area contributed by atoms with Crippen molar-refractivity contribution in [3.63, 3.8) is 0 Å². The molecule has 1 rings (SSSR count). The van der Waals surface area contributed by atoms with Crippen molar-refractivity contribution in [2.75, 3.05) is 19.6 Å². The molecule has 0 saturated carbocycles. The van der Waals surface area contributed by atoms with E-state index in [0.717, 1.165) is 0 Å². The van der Waals surface area contributed by atoms with Gasteiger partial charge in [0, 0.05) is 18.6 Å². The minimum absolute atomic E-state index is 0.0179. The molecule has 0 spiro atoms. The summed E-state index contributed by atoms with van der Waals surface area (Å²) in [6, 6.07) is -0.270. The van der Waals surface area contributed by atoms with E-state index < -0.39 is 11.5 Å². The quantitative estimate of drug-likeness (QED) is 0.785. The Morgan fingerprint density at radius 1 is 1.37 bits per heavy atom. The first-order valence-corrected chi connectivity index (χ1v) is 6.59. The smallest absolute Gasteiger partial charge is 0.323 e. The largest absolute Gasteiger partial charge is 0.480 e. The fraction of sp³-hybridized carbons (Fsp3) is 0.846. The highest BCUT2D eigenvalue weighted by Crippen LogP contribution is 2.21. The van der Waals surface area contributed by atoms with Crippen LogP contribution in [-0.4, -0.2) is 63.3 Å².